The predicted molar refractivity (Wildman–Crippen MR) is 15.9 cm³/mol. The summed E-state index contributed by atoms with van der Waals surface area (Å²) in [5, 5.41) is 7.72. The van der Waals surface area contributed by atoms with E-state index in [1.165, 1.54) is 0 Å². The molecule has 0 heterocycles. The van der Waals surface area contributed by atoms with Crippen LogP contribution in [0.5, 0.6) is 0 Å². The number of hydrogen-bond acceptors (Lipinski definition) is 3. The van der Waals surface area contributed by atoms with Gasteiger partial charge in [-0.2, -0.15) is 0 Å². The van der Waals surface area contributed by atoms with Crippen LogP contribution < -0.4 is 5.73 Å². The van der Waals surface area contributed by atoms with Gasteiger partial charge in [-0.25, -0.2) is 0 Å². The Kier molecular flexibility index (Phi) is 1.72. The fourth-order valence-electron chi connectivity index (χ4n) is 0. The van der Waals surface area contributed by atoms with Crippen molar-refractivity contribution in [2.24, 2.45) is 5.73 Å². The van der Waals surface area contributed by atoms with Gasteiger partial charge in [0.2, 0.25) is 6.29 Å². The third-order valence-corrected chi connectivity index (χ3v) is 0.121. The molecule has 0 aliphatic rings. The molecule has 0 bridgehead atoms. The Balaban J connectivity index is 2.83. The molecular formula is C2H4NO2. The lowest BCUT2D eigenvalue weighted by Gasteiger charge is -1.79. The van der Waals surface area contributed by atoms with Gasteiger partial charge in [0, 0.05) is 0 Å². The molecule has 0 aromatic rings. The Hall–Kier alpha value is -0.410. The topological polar surface area (TPSA) is 63.3 Å². The van der Waals surface area contributed by atoms with Crippen molar-refractivity contribution >= 4 is 6.29 Å². The molecule has 29 valence electrons. The quantitative estimate of drug-likeness (QED) is 0.367. The van der Waals surface area contributed by atoms with Crippen LogP contribution in [0.2, 0.25) is 0 Å². The average Bonchev–Trinajstić information content (AvgIpc) is 1.38. The van der Waals surface area contributed by atoms with E-state index >= 15 is 0 Å². The summed E-state index contributed by atoms with van der Waals surface area (Å²) >= 11 is 0. The summed E-state index contributed by atoms with van der Waals surface area (Å²) in [5.41, 5.74) is 4.42. The zero-order valence-electron chi connectivity index (χ0n) is 2.51. The van der Waals surface area contributed by atoms with Crippen molar-refractivity contribution < 1.29 is 9.90 Å². The highest BCUT2D eigenvalue weighted by atomic mass is 16.3. The summed E-state index contributed by atoms with van der Waals surface area (Å²) in [4.78, 5) is 9.00. The summed E-state index contributed by atoms with van der Waals surface area (Å²) in [6, 6.07) is 0. The Morgan fingerprint density at radius 2 is 2.20 bits per heavy atom. The first-order valence-electron chi connectivity index (χ1n) is 1.08. The van der Waals surface area contributed by atoms with Crippen molar-refractivity contribution in [2.45, 2.75) is 6.23 Å². The van der Waals surface area contributed by atoms with Crippen LogP contribution >= 0.6 is 0 Å². The van der Waals surface area contributed by atoms with Crippen LogP contribution in [0, 0.1) is 0 Å². The number of aliphatic hydroxyl groups excluding tert-OH is 1. The molecular weight excluding hydrogens is 70.0 g/mol. The fourth-order valence-corrected chi connectivity index (χ4v) is 0. The van der Waals surface area contributed by atoms with Gasteiger partial charge >= 0.3 is 0 Å². The molecule has 0 aliphatic carbocycles. The van der Waals surface area contributed by atoms with E-state index in [0.717, 1.165) is 6.29 Å². The second-order valence-electron chi connectivity index (χ2n) is 0.563. The van der Waals surface area contributed by atoms with Gasteiger partial charge < -0.3 is 5.11 Å². The van der Waals surface area contributed by atoms with Crippen LogP contribution in [-0.2, 0) is 4.79 Å². The average molecular weight is 74.1 g/mol. The van der Waals surface area contributed by atoms with E-state index < -0.39 is 6.23 Å². The van der Waals surface area contributed by atoms with E-state index in [9.17, 15) is 0 Å². The molecule has 0 aliphatic heterocycles. The lowest BCUT2D eigenvalue weighted by molar-refractivity contribution is 0.243. The number of aliphatic hydroxyl groups is 1. The first kappa shape index (κ1) is 4.59. The Bertz CT molecular complexity index is 34.6. The van der Waals surface area contributed by atoms with Gasteiger partial charge in [-0.15, -0.1) is 0 Å². The Labute approximate surface area is 29.4 Å². The maximum Gasteiger partial charge on any atom is 0.245 e. The minimum Gasteiger partial charge on any atom is -0.371 e. The predicted octanol–water partition coefficient (Wildman–Crippen LogP) is -1.63. The molecule has 0 saturated carbocycles. The van der Waals surface area contributed by atoms with E-state index in [0.29, 0.717) is 0 Å². The standard InChI is InChI=1S/C2H4NO2/c3-2(5)1-4/h2,5H,3H2/t2-/m0/s1. The van der Waals surface area contributed by atoms with Crippen LogP contribution in [-0.4, -0.2) is 17.6 Å². The summed E-state index contributed by atoms with van der Waals surface area (Å²) in [5.74, 6) is 0. The van der Waals surface area contributed by atoms with Crippen molar-refractivity contribution in [2.75, 3.05) is 0 Å². The van der Waals surface area contributed by atoms with Crippen molar-refractivity contribution in [1.29, 1.82) is 0 Å². The van der Waals surface area contributed by atoms with E-state index in [1.54, 1.807) is 0 Å². The highest BCUT2D eigenvalue weighted by Crippen LogP contribution is 1.47. The van der Waals surface area contributed by atoms with Crippen LogP contribution in [0.1, 0.15) is 0 Å². The third kappa shape index (κ3) is 3.59. The lowest BCUT2D eigenvalue weighted by Crippen LogP contribution is -2.19. The maximum atomic E-state index is 9.00. The zero-order chi connectivity index (χ0) is 4.28. The first-order valence-corrected chi connectivity index (χ1v) is 1.08. The maximum absolute atomic E-state index is 9.00. The van der Waals surface area contributed by atoms with Crippen molar-refractivity contribution in [3.05, 3.63) is 0 Å². The monoisotopic (exact) mass is 74.0 g/mol. The van der Waals surface area contributed by atoms with Crippen molar-refractivity contribution in [3.8, 4) is 0 Å². The lowest BCUT2D eigenvalue weighted by atomic mass is 10.7. The van der Waals surface area contributed by atoms with E-state index in [-0.39, 0.29) is 0 Å². The Morgan fingerprint density at radius 3 is 2.20 bits per heavy atom. The van der Waals surface area contributed by atoms with Gasteiger partial charge in [-0.3, -0.25) is 10.5 Å². The van der Waals surface area contributed by atoms with Gasteiger partial charge in [0.05, 0.1) is 0 Å². The second kappa shape index (κ2) is 1.87. The van der Waals surface area contributed by atoms with Gasteiger partial charge in [0.15, 0.2) is 6.23 Å². The van der Waals surface area contributed by atoms with Crippen LogP contribution in [0.15, 0.2) is 0 Å². The molecule has 0 saturated heterocycles. The van der Waals surface area contributed by atoms with Crippen molar-refractivity contribution in [3.63, 3.8) is 0 Å². The van der Waals surface area contributed by atoms with E-state index in [2.05, 4.69) is 5.73 Å². The van der Waals surface area contributed by atoms with Crippen molar-refractivity contribution in [1.82, 2.24) is 0 Å². The second-order valence-corrected chi connectivity index (χ2v) is 0.563. The SMILES string of the molecule is N[C@@H](O)[C]=O. The number of nitrogens with two attached hydrogens (primary N) is 1. The molecule has 0 fully saturated rings. The zero-order valence-corrected chi connectivity index (χ0v) is 2.51. The third-order valence-electron chi connectivity index (χ3n) is 0.121. The molecule has 1 radical (unpaired) electrons. The molecule has 5 heavy (non-hydrogen) atoms. The van der Waals surface area contributed by atoms with Gasteiger partial charge in [-0.05, 0) is 0 Å². The smallest absolute Gasteiger partial charge is 0.245 e. The molecule has 1 atom stereocenters. The highest BCUT2D eigenvalue weighted by molar-refractivity contribution is 5.55. The number of hydrogen-bond donors (Lipinski definition) is 2. The summed E-state index contributed by atoms with van der Waals surface area (Å²) < 4.78 is 0. The number of rotatable bonds is 1. The summed E-state index contributed by atoms with van der Waals surface area (Å²) in [7, 11) is 0. The molecule has 0 unspecified atom stereocenters. The van der Waals surface area contributed by atoms with E-state index in [1.807, 2.05) is 0 Å². The van der Waals surface area contributed by atoms with Gasteiger partial charge in [0.25, 0.3) is 0 Å². The molecule has 0 aromatic carbocycles. The van der Waals surface area contributed by atoms with Gasteiger partial charge in [-0.1, -0.05) is 0 Å². The minimum atomic E-state index is -1.42. The summed E-state index contributed by atoms with van der Waals surface area (Å²) in [6.07, 6.45) is -0.310. The molecule has 0 rings (SSSR count). The van der Waals surface area contributed by atoms with Gasteiger partial charge in [0.1, 0.15) is 0 Å². The molecule has 3 nitrogen and oxygen atoms in total. The summed E-state index contributed by atoms with van der Waals surface area (Å²) in [6.45, 7) is 0. The normalized spacial score (nSPS) is 14.0. The minimum absolute atomic E-state index is 1.11. The highest BCUT2D eigenvalue weighted by Gasteiger charge is 1.83. The van der Waals surface area contributed by atoms with E-state index in [4.69, 9.17) is 9.90 Å². The van der Waals surface area contributed by atoms with Crippen LogP contribution in [0.4, 0.5) is 0 Å². The van der Waals surface area contributed by atoms with Crippen LogP contribution in [0.25, 0.3) is 0 Å². The number of carbonyl (C=O) groups excluding carboxylic acids is 1. The molecule has 3 heteroatoms. The fraction of sp³-hybridized carbons (Fsp3) is 0.500. The first-order chi connectivity index (χ1) is 2.27. The Morgan fingerprint density at radius 1 is 2.00 bits per heavy atom. The molecule has 0 aromatic heterocycles. The largest absolute Gasteiger partial charge is 0.371 e. The molecule has 0 amide bonds. The molecule has 0 spiro atoms. The molecule has 3 N–H and O–H groups in total. The van der Waals surface area contributed by atoms with Crippen LogP contribution in [0.3, 0.4) is 0 Å².